The highest BCUT2D eigenvalue weighted by Crippen LogP contribution is 2.21. The van der Waals surface area contributed by atoms with Crippen molar-refractivity contribution in [3.63, 3.8) is 0 Å². The molecule has 0 radical (unpaired) electrons. The van der Waals surface area contributed by atoms with Crippen LogP contribution < -0.4 is 11.1 Å². The van der Waals surface area contributed by atoms with E-state index in [1.807, 2.05) is 30.3 Å². The van der Waals surface area contributed by atoms with Crippen molar-refractivity contribution in [3.8, 4) is 0 Å². The third kappa shape index (κ3) is 4.84. The normalized spacial score (nSPS) is 14.9. The van der Waals surface area contributed by atoms with E-state index in [-0.39, 0.29) is 6.61 Å². The van der Waals surface area contributed by atoms with Crippen LogP contribution in [0.5, 0.6) is 0 Å². The molecule has 6 nitrogen and oxygen atoms in total. The Morgan fingerprint density at radius 2 is 1.90 bits per heavy atom. The number of nitrogens with two attached hydrogens (primary N) is 1. The summed E-state index contributed by atoms with van der Waals surface area (Å²) in [6, 6.07) is 7.48. The van der Waals surface area contributed by atoms with Crippen LogP contribution in [-0.2, 0) is 19.1 Å². The molecule has 0 aliphatic carbocycles. The van der Waals surface area contributed by atoms with E-state index in [2.05, 4.69) is 5.32 Å². The van der Waals surface area contributed by atoms with E-state index in [4.69, 9.17) is 15.2 Å². The molecule has 0 aliphatic rings. The molecule has 3 atom stereocenters. The summed E-state index contributed by atoms with van der Waals surface area (Å²) in [7, 11) is 1.47. The van der Waals surface area contributed by atoms with Gasteiger partial charge < -0.3 is 20.5 Å². The fourth-order valence-electron chi connectivity index (χ4n) is 1.88. The number of methoxy groups -OCH3 is 1. The van der Waals surface area contributed by atoms with Crippen LogP contribution in [0.1, 0.15) is 25.5 Å². The van der Waals surface area contributed by atoms with Crippen molar-refractivity contribution >= 4 is 11.9 Å². The fourth-order valence-corrected chi connectivity index (χ4v) is 1.88. The Morgan fingerprint density at radius 1 is 1.29 bits per heavy atom. The summed E-state index contributed by atoms with van der Waals surface area (Å²) in [5.41, 5.74) is 6.30. The standard InChI is InChI=1S/C15H22N2O4/c1-4-21-15(19)12(17-14(18)10(2)16)13(20-3)11-8-6-5-7-9-11/h5-10,12-13H,4,16H2,1-3H3,(H,17,18)/t10-,12-,13+/m0/s1. The van der Waals surface area contributed by atoms with E-state index in [0.717, 1.165) is 5.56 Å². The number of benzene rings is 1. The van der Waals surface area contributed by atoms with Crippen LogP contribution >= 0.6 is 0 Å². The second kappa shape index (κ2) is 8.39. The molecule has 6 heteroatoms. The Kier molecular flexibility index (Phi) is 6.84. The average molecular weight is 294 g/mol. The quantitative estimate of drug-likeness (QED) is 0.725. The molecule has 0 aliphatic heterocycles. The molecule has 0 saturated heterocycles. The largest absolute Gasteiger partial charge is 0.464 e. The first-order valence-corrected chi connectivity index (χ1v) is 6.81. The minimum atomic E-state index is -0.948. The maximum Gasteiger partial charge on any atom is 0.331 e. The number of hydrogen-bond acceptors (Lipinski definition) is 5. The number of carbonyl (C=O) groups excluding carboxylic acids is 2. The SMILES string of the molecule is CCOC(=O)[C@@H](NC(=O)[C@H](C)N)[C@H](OC)c1ccccc1. The number of hydrogen-bond donors (Lipinski definition) is 2. The molecular formula is C15H22N2O4. The van der Waals surface area contributed by atoms with Crippen molar-refractivity contribution in [3.05, 3.63) is 35.9 Å². The van der Waals surface area contributed by atoms with Crippen molar-refractivity contribution in [1.82, 2.24) is 5.32 Å². The number of nitrogens with one attached hydrogen (secondary N) is 1. The topological polar surface area (TPSA) is 90.7 Å². The molecule has 0 heterocycles. The Bertz CT molecular complexity index is 462. The molecule has 0 bridgehead atoms. The maximum absolute atomic E-state index is 12.1. The number of ether oxygens (including phenoxy) is 2. The summed E-state index contributed by atoms with van der Waals surface area (Å²) in [5.74, 6) is -0.992. The number of esters is 1. The first kappa shape index (κ1) is 17.1. The first-order chi connectivity index (χ1) is 10.0. The second-order valence-corrected chi connectivity index (χ2v) is 4.59. The fraction of sp³-hybridized carbons (Fsp3) is 0.467. The Balaban J connectivity index is 3.02. The molecule has 1 aromatic rings. The van der Waals surface area contributed by atoms with Crippen LogP contribution in [0.3, 0.4) is 0 Å². The molecule has 0 fully saturated rings. The van der Waals surface area contributed by atoms with Gasteiger partial charge in [-0.3, -0.25) is 4.79 Å². The van der Waals surface area contributed by atoms with Gasteiger partial charge >= 0.3 is 5.97 Å². The summed E-state index contributed by atoms with van der Waals surface area (Å²) < 4.78 is 10.4. The van der Waals surface area contributed by atoms with Gasteiger partial charge in [0.2, 0.25) is 5.91 Å². The lowest BCUT2D eigenvalue weighted by Crippen LogP contribution is -2.51. The third-order valence-electron chi connectivity index (χ3n) is 2.94. The van der Waals surface area contributed by atoms with E-state index in [9.17, 15) is 9.59 Å². The highest BCUT2D eigenvalue weighted by molar-refractivity contribution is 5.87. The second-order valence-electron chi connectivity index (χ2n) is 4.59. The highest BCUT2D eigenvalue weighted by atomic mass is 16.5. The van der Waals surface area contributed by atoms with E-state index >= 15 is 0 Å². The molecule has 0 saturated carbocycles. The summed E-state index contributed by atoms with van der Waals surface area (Å²) in [6.45, 7) is 3.46. The average Bonchev–Trinajstić information content (AvgIpc) is 2.48. The van der Waals surface area contributed by atoms with Crippen LogP contribution in [0.4, 0.5) is 0 Å². The van der Waals surface area contributed by atoms with Gasteiger partial charge in [0.1, 0.15) is 6.10 Å². The molecule has 1 amide bonds. The summed E-state index contributed by atoms with van der Waals surface area (Å²) in [6.07, 6.45) is -0.645. The number of amides is 1. The lowest BCUT2D eigenvalue weighted by molar-refractivity contribution is -0.151. The molecular weight excluding hydrogens is 272 g/mol. The molecule has 0 spiro atoms. The van der Waals surface area contributed by atoms with Crippen molar-refractivity contribution in [2.75, 3.05) is 13.7 Å². The van der Waals surface area contributed by atoms with E-state index < -0.39 is 30.1 Å². The molecule has 116 valence electrons. The van der Waals surface area contributed by atoms with Crippen molar-refractivity contribution in [2.24, 2.45) is 5.73 Å². The van der Waals surface area contributed by atoms with Gasteiger partial charge in [-0.25, -0.2) is 4.79 Å². The van der Waals surface area contributed by atoms with Gasteiger partial charge in [-0.1, -0.05) is 30.3 Å². The van der Waals surface area contributed by atoms with E-state index in [1.54, 1.807) is 13.8 Å². The molecule has 3 N–H and O–H groups in total. The van der Waals surface area contributed by atoms with Crippen LogP contribution in [0.25, 0.3) is 0 Å². The van der Waals surface area contributed by atoms with Crippen LogP contribution in [0.15, 0.2) is 30.3 Å². The molecule has 0 aromatic heterocycles. The van der Waals surface area contributed by atoms with Gasteiger partial charge in [-0.2, -0.15) is 0 Å². The summed E-state index contributed by atoms with van der Waals surface area (Å²) in [4.78, 5) is 23.9. The first-order valence-electron chi connectivity index (χ1n) is 6.81. The van der Waals surface area contributed by atoms with Gasteiger partial charge in [-0.15, -0.1) is 0 Å². The number of rotatable bonds is 7. The number of carbonyl (C=O) groups is 2. The predicted molar refractivity (Wildman–Crippen MR) is 78.4 cm³/mol. The van der Waals surface area contributed by atoms with Gasteiger partial charge in [0, 0.05) is 7.11 Å². The van der Waals surface area contributed by atoms with Gasteiger partial charge in [-0.05, 0) is 19.4 Å². The van der Waals surface area contributed by atoms with Crippen LogP contribution in [0.2, 0.25) is 0 Å². The van der Waals surface area contributed by atoms with Gasteiger partial charge in [0.15, 0.2) is 6.04 Å². The monoisotopic (exact) mass is 294 g/mol. The zero-order chi connectivity index (χ0) is 15.8. The molecule has 21 heavy (non-hydrogen) atoms. The highest BCUT2D eigenvalue weighted by Gasteiger charge is 2.33. The lowest BCUT2D eigenvalue weighted by Gasteiger charge is -2.26. The van der Waals surface area contributed by atoms with Crippen molar-refractivity contribution in [1.29, 1.82) is 0 Å². The Morgan fingerprint density at radius 3 is 2.38 bits per heavy atom. The lowest BCUT2D eigenvalue weighted by atomic mass is 10.0. The van der Waals surface area contributed by atoms with Crippen LogP contribution in [0, 0.1) is 0 Å². The van der Waals surface area contributed by atoms with Gasteiger partial charge in [0.05, 0.1) is 12.6 Å². The Labute approximate surface area is 124 Å². The zero-order valence-electron chi connectivity index (χ0n) is 12.5. The summed E-state index contributed by atoms with van der Waals surface area (Å²) in [5, 5.41) is 2.59. The molecule has 1 aromatic carbocycles. The van der Waals surface area contributed by atoms with Crippen molar-refractivity contribution < 1.29 is 19.1 Å². The smallest absolute Gasteiger partial charge is 0.331 e. The van der Waals surface area contributed by atoms with Crippen molar-refractivity contribution in [2.45, 2.75) is 32.0 Å². The summed E-state index contributed by atoms with van der Waals surface area (Å²) >= 11 is 0. The Hall–Kier alpha value is -1.92. The minimum absolute atomic E-state index is 0.217. The minimum Gasteiger partial charge on any atom is -0.464 e. The third-order valence-corrected chi connectivity index (χ3v) is 2.94. The maximum atomic E-state index is 12.1. The van der Waals surface area contributed by atoms with E-state index in [1.165, 1.54) is 7.11 Å². The van der Waals surface area contributed by atoms with Gasteiger partial charge in [0.25, 0.3) is 0 Å². The van der Waals surface area contributed by atoms with Crippen LogP contribution in [-0.4, -0.2) is 37.7 Å². The van der Waals surface area contributed by atoms with E-state index in [0.29, 0.717) is 0 Å². The zero-order valence-corrected chi connectivity index (χ0v) is 12.5. The molecule has 0 unspecified atom stereocenters. The predicted octanol–water partition coefficient (Wildman–Crippen LogP) is 0.769. The molecule has 1 rings (SSSR count).